The number of rotatable bonds is 2. The molecule has 0 fully saturated rings. The number of para-hydroxylation sites is 1. The van der Waals surface area contributed by atoms with Gasteiger partial charge in [0.05, 0.1) is 0 Å². The van der Waals surface area contributed by atoms with Crippen LogP contribution < -0.4 is 4.74 Å². The SMILES string of the molecule is CC(C)(C)c1cnc(Oc2ccccc2)nc1. The van der Waals surface area contributed by atoms with Gasteiger partial charge in [-0.15, -0.1) is 0 Å². The second-order valence-corrected chi connectivity index (χ2v) is 4.92. The average molecular weight is 228 g/mol. The monoisotopic (exact) mass is 228 g/mol. The van der Waals surface area contributed by atoms with E-state index in [4.69, 9.17) is 4.74 Å². The van der Waals surface area contributed by atoms with E-state index in [1.54, 1.807) is 0 Å². The fourth-order valence-corrected chi connectivity index (χ4v) is 1.35. The number of hydrogen-bond acceptors (Lipinski definition) is 3. The van der Waals surface area contributed by atoms with E-state index in [1.807, 2.05) is 42.7 Å². The summed E-state index contributed by atoms with van der Waals surface area (Å²) in [5.74, 6) is 0.746. The minimum Gasteiger partial charge on any atom is -0.424 e. The molecule has 0 aliphatic carbocycles. The highest BCUT2D eigenvalue weighted by Gasteiger charge is 2.14. The molecule has 0 N–H and O–H groups in total. The van der Waals surface area contributed by atoms with Gasteiger partial charge in [0.2, 0.25) is 0 Å². The van der Waals surface area contributed by atoms with Crippen molar-refractivity contribution in [2.75, 3.05) is 0 Å². The van der Waals surface area contributed by atoms with Crippen LogP contribution in [0.1, 0.15) is 26.3 Å². The standard InChI is InChI=1S/C14H16N2O/c1-14(2,3)11-9-15-13(16-10-11)17-12-7-5-4-6-8-12/h4-10H,1-3H3. The minimum absolute atomic E-state index is 0.0608. The number of hydrogen-bond donors (Lipinski definition) is 0. The second-order valence-electron chi connectivity index (χ2n) is 4.92. The average Bonchev–Trinajstić information content (AvgIpc) is 2.30. The van der Waals surface area contributed by atoms with Crippen LogP contribution in [0, 0.1) is 0 Å². The highest BCUT2D eigenvalue weighted by atomic mass is 16.5. The number of aromatic nitrogens is 2. The lowest BCUT2D eigenvalue weighted by Gasteiger charge is -2.17. The zero-order valence-corrected chi connectivity index (χ0v) is 10.3. The van der Waals surface area contributed by atoms with Crippen LogP contribution in [0.5, 0.6) is 11.8 Å². The summed E-state index contributed by atoms with van der Waals surface area (Å²) < 4.78 is 5.52. The van der Waals surface area contributed by atoms with Gasteiger partial charge in [-0.05, 0) is 23.1 Å². The first-order valence-electron chi connectivity index (χ1n) is 5.61. The summed E-state index contributed by atoms with van der Waals surface area (Å²) >= 11 is 0. The summed E-state index contributed by atoms with van der Waals surface area (Å²) in [5.41, 5.74) is 1.16. The molecule has 0 saturated heterocycles. The lowest BCUT2D eigenvalue weighted by atomic mass is 9.89. The summed E-state index contributed by atoms with van der Waals surface area (Å²) in [6.45, 7) is 6.39. The van der Waals surface area contributed by atoms with Crippen molar-refractivity contribution < 1.29 is 4.74 Å². The maximum atomic E-state index is 5.52. The van der Waals surface area contributed by atoms with Crippen LogP contribution in [-0.2, 0) is 5.41 Å². The van der Waals surface area contributed by atoms with Gasteiger partial charge in [-0.25, -0.2) is 9.97 Å². The van der Waals surface area contributed by atoms with Crippen LogP contribution in [0.15, 0.2) is 42.7 Å². The predicted octanol–water partition coefficient (Wildman–Crippen LogP) is 3.57. The molecule has 88 valence electrons. The highest BCUT2D eigenvalue weighted by Crippen LogP contribution is 2.22. The van der Waals surface area contributed by atoms with Gasteiger partial charge >= 0.3 is 6.01 Å². The van der Waals surface area contributed by atoms with Crippen LogP contribution in [0.4, 0.5) is 0 Å². The lowest BCUT2D eigenvalue weighted by Crippen LogP contribution is -2.12. The third-order valence-corrected chi connectivity index (χ3v) is 2.45. The minimum atomic E-state index is 0.0608. The third-order valence-electron chi connectivity index (χ3n) is 2.45. The van der Waals surface area contributed by atoms with Crippen molar-refractivity contribution in [3.8, 4) is 11.8 Å². The zero-order chi connectivity index (χ0) is 12.3. The van der Waals surface area contributed by atoms with E-state index in [9.17, 15) is 0 Å². The lowest BCUT2D eigenvalue weighted by molar-refractivity contribution is 0.438. The first-order valence-corrected chi connectivity index (χ1v) is 5.61. The first kappa shape index (κ1) is 11.6. The molecule has 3 heteroatoms. The topological polar surface area (TPSA) is 35.0 Å². The van der Waals surface area contributed by atoms with E-state index < -0.39 is 0 Å². The van der Waals surface area contributed by atoms with E-state index in [1.165, 1.54) is 0 Å². The van der Waals surface area contributed by atoms with Crippen molar-refractivity contribution in [1.82, 2.24) is 9.97 Å². The van der Waals surface area contributed by atoms with E-state index in [-0.39, 0.29) is 5.41 Å². The van der Waals surface area contributed by atoms with Crippen molar-refractivity contribution in [2.45, 2.75) is 26.2 Å². The fourth-order valence-electron chi connectivity index (χ4n) is 1.35. The molecule has 0 aliphatic rings. The van der Waals surface area contributed by atoms with Crippen molar-refractivity contribution in [3.63, 3.8) is 0 Å². The second kappa shape index (κ2) is 4.53. The summed E-state index contributed by atoms with van der Waals surface area (Å²) in [6.07, 6.45) is 3.62. The van der Waals surface area contributed by atoms with Crippen LogP contribution in [0.3, 0.4) is 0 Å². The molecule has 3 nitrogen and oxygen atoms in total. The van der Waals surface area contributed by atoms with E-state index in [2.05, 4.69) is 30.7 Å². The van der Waals surface area contributed by atoms with Crippen LogP contribution in [0.2, 0.25) is 0 Å². The Balaban J connectivity index is 2.14. The Morgan fingerprint density at radius 2 is 1.53 bits per heavy atom. The van der Waals surface area contributed by atoms with Crippen LogP contribution in [0.25, 0.3) is 0 Å². The van der Waals surface area contributed by atoms with Gasteiger partial charge in [0.15, 0.2) is 0 Å². The van der Waals surface area contributed by atoms with Gasteiger partial charge in [0.1, 0.15) is 5.75 Å². The molecule has 1 aromatic heterocycles. The molecule has 1 aromatic carbocycles. The molecular weight excluding hydrogens is 212 g/mol. The molecule has 0 atom stereocenters. The van der Waals surface area contributed by atoms with Gasteiger partial charge in [-0.3, -0.25) is 0 Å². The summed E-state index contributed by atoms with van der Waals surface area (Å²) in [5, 5.41) is 0. The Morgan fingerprint density at radius 1 is 0.941 bits per heavy atom. The quantitative estimate of drug-likeness (QED) is 0.788. The highest BCUT2D eigenvalue weighted by molar-refractivity contribution is 5.25. The van der Waals surface area contributed by atoms with Crippen molar-refractivity contribution in [2.24, 2.45) is 0 Å². The molecular formula is C14H16N2O. The zero-order valence-electron chi connectivity index (χ0n) is 10.3. The Bertz CT molecular complexity index is 472. The van der Waals surface area contributed by atoms with E-state index in [0.717, 1.165) is 11.3 Å². The van der Waals surface area contributed by atoms with Gasteiger partial charge in [-0.2, -0.15) is 0 Å². The summed E-state index contributed by atoms with van der Waals surface area (Å²) in [6, 6.07) is 9.90. The maximum absolute atomic E-state index is 5.52. The number of nitrogens with zero attached hydrogens (tertiary/aromatic N) is 2. The molecule has 0 saturated carbocycles. The maximum Gasteiger partial charge on any atom is 0.321 e. The van der Waals surface area contributed by atoms with Gasteiger partial charge in [0, 0.05) is 12.4 Å². The molecule has 0 aliphatic heterocycles. The molecule has 17 heavy (non-hydrogen) atoms. The molecule has 2 rings (SSSR count). The van der Waals surface area contributed by atoms with Crippen molar-refractivity contribution in [1.29, 1.82) is 0 Å². The van der Waals surface area contributed by atoms with Crippen LogP contribution >= 0.6 is 0 Å². The Labute approximate surface area is 102 Å². The Hall–Kier alpha value is -1.90. The van der Waals surface area contributed by atoms with Crippen molar-refractivity contribution >= 4 is 0 Å². The molecule has 0 radical (unpaired) electrons. The third kappa shape index (κ3) is 3.03. The smallest absolute Gasteiger partial charge is 0.321 e. The Morgan fingerprint density at radius 3 is 2.06 bits per heavy atom. The summed E-state index contributed by atoms with van der Waals surface area (Å²) in [4.78, 5) is 8.41. The molecule has 0 bridgehead atoms. The predicted molar refractivity (Wildman–Crippen MR) is 67.2 cm³/mol. The van der Waals surface area contributed by atoms with Crippen LogP contribution in [-0.4, -0.2) is 9.97 Å². The summed E-state index contributed by atoms with van der Waals surface area (Å²) in [7, 11) is 0. The number of ether oxygens (including phenoxy) is 1. The fraction of sp³-hybridized carbons (Fsp3) is 0.286. The van der Waals surface area contributed by atoms with Gasteiger partial charge in [-0.1, -0.05) is 39.0 Å². The number of benzene rings is 1. The first-order chi connectivity index (χ1) is 8.05. The van der Waals surface area contributed by atoms with Crippen molar-refractivity contribution in [3.05, 3.63) is 48.3 Å². The molecule has 0 spiro atoms. The largest absolute Gasteiger partial charge is 0.424 e. The van der Waals surface area contributed by atoms with Gasteiger partial charge in [0.25, 0.3) is 0 Å². The van der Waals surface area contributed by atoms with E-state index >= 15 is 0 Å². The normalized spacial score (nSPS) is 11.2. The molecule has 0 unspecified atom stereocenters. The molecule has 1 heterocycles. The molecule has 0 amide bonds. The van der Waals surface area contributed by atoms with Gasteiger partial charge < -0.3 is 4.74 Å². The van der Waals surface area contributed by atoms with E-state index in [0.29, 0.717) is 6.01 Å². The Kier molecular flexibility index (Phi) is 3.09. The molecule has 2 aromatic rings.